The van der Waals surface area contributed by atoms with Crippen molar-refractivity contribution in [3.63, 3.8) is 0 Å². The molecule has 150 valence electrons. The third kappa shape index (κ3) is 3.49. The Kier molecular flexibility index (Phi) is 4.85. The van der Waals surface area contributed by atoms with Crippen molar-refractivity contribution < 1.29 is 4.84 Å². The van der Waals surface area contributed by atoms with Crippen molar-refractivity contribution in [2.75, 3.05) is 16.6 Å². The average molecular weight is 395 g/mol. The molecule has 2 aromatic heterocycles. The molecule has 0 atom stereocenters. The van der Waals surface area contributed by atoms with Gasteiger partial charge in [-0.25, -0.2) is 24.8 Å². The van der Waals surface area contributed by atoms with E-state index < -0.39 is 5.69 Å². The van der Waals surface area contributed by atoms with Gasteiger partial charge in [-0.15, -0.1) is 0 Å². The van der Waals surface area contributed by atoms with Gasteiger partial charge in [0.05, 0.1) is 0 Å². The van der Waals surface area contributed by atoms with Crippen molar-refractivity contribution in [1.82, 2.24) is 24.1 Å². The highest BCUT2D eigenvalue weighted by Crippen LogP contribution is 2.32. The summed E-state index contributed by atoms with van der Waals surface area (Å²) in [4.78, 5) is 45.0. The van der Waals surface area contributed by atoms with Gasteiger partial charge in [-0.05, 0) is 12.5 Å². The van der Waals surface area contributed by atoms with Gasteiger partial charge < -0.3 is 4.90 Å². The van der Waals surface area contributed by atoms with Gasteiger partial charge in [-0.2, -0.15) is 0 Å². The lowest BCUT2D eigenvalue weighted by Gasteiger charge is -2.20. The van der Waals surface area contributed by atoms with Crippen LogP contribution in [0.15, 0.2) is 46.5 Å². The summed E-state index contributed by atoms with van der Waals surface area (Å²) in [5.41, 5.74) is 1.86. The van der Waals surface area contributed by atoms with Crippen LogP contribution in [0.4, 0.5) is 11.5 Å². The summed E-state index contributed by atoms with van der Waals surface area (Å²) in [5, 5.41) is 1.54. The molecule has 29 heavy (non-hydrogen) atoms. The van der Waals surface area contributed by atoms with Crippen LogP contribution in [0.25, 0.3) is 0 Å². The fraction of sp³-hybridized carbons (Fsp3) is 0.316. The van der Waals surface area contributed by atoms with Gasteiger partial charge in [-0.3, -0.25) is 18.8 Å². The molecule has 0 saturated carbocycles. The molecule has 10 heteroatoms. The first-order valence-corrected chi connectivity index (χ1v) is 9.07. The molecule has 0 bridgehead atoms. The van der Waals surface area contributed by atoms with E-state index in [9.17, 15) is 9.59 Å². The lowest BCUT2D eigenvalue weighted by molar-refractivity contribution is 0.0906. The highest BCUT2D eigenvalue weighted by Gasteiger charge is 2.34. The molecule has 4 rings (SSSR count). The van der Waals surface area contributed by atoms with Gasteiger partial charge in [0.1, 0.15) is 31.6 Å². The number of aromatic nitrogens is 5. The third-order valence-electron chi connectivity index (χ3n) is 4.85. The minimum absolute atomic E-state index is 0.0870. The SMILES string of the molecule is Cc1ccc(CN2CN(OCc3ncncn3)c3c2c(=O)n(C)c(=O)n3C)cc1. The van der Waals surface area contributed by atoms with Gasteiger partial charge in [0.15, 0.2) is 11.6 Å². The molecule has 1 aromatic carbocycles. The molecule has 10 nitrogen and oxygen atoms in total. The predicted molar refractivity (Wildman–Crippen MR) is 106 cm³/mol. The number of rotatable bonds is 5. The Morgan fingerprint density at radius 3 is 2.41 bits per heavy atom. The first-order valence-electron chi connectivity index (χ1n) is 9.07. The quantitative estimate of drug-likeness (QED) is 0.616. The summed E-state index contributed by atoms with van der Waals surface area (Å²) < 4.78 is 2.52. The minimum Gasteiger partial charge on any atom is -0.340 e. The number of aryl methyl sites for hydroxylation is 1. The van der Waals surface area contributed by atoms with Gasteiger partial charge >= 0.3 is 5.69 Å². The van der Waals surface area contributed by atoms with Crippen LogP contribution in [-0.4, -0.2) is 30.8 Å². The van der Waals surface area contributed by atoms with Gasteiger partial charge in [0.25, 0.3) is 5.56 Å². The summed E-state index contributed by atoms with van der Waals surface area (Å²) in [6, 6.07) is 8.10. The molecule has 1 aliphatic rings. The van der Waals surface area contributed by atoms with E-state index in [0.29, 0.717) is 30.5 Å². The number of benzene rings is 1. The van der Waals surface area contributed by atoms with Crippen molar-refractivity contribution in [3.05, 3.63) is 74.7 Å². The molecule has 0 spiro atoms. The smallest absolute Gasteiger partial charge is 0.332 e. The van der Waals surface area contributed by atoms with Crippen LogP contribution in [0.3, 0.4) is 0 Å². The lowest BCUT2D eigenvalue weighted by atomic mass is 10.1. The molecule has 0 radical (unpaired) electrons. The van der Waals surface area contributed by atoms with Gasteiger partial charge in [0, 0.05) is 20.6 Å². The fourth-order valence-corrected chi connectivity index (χ4v) is 3.29. The zero-order chi connectivity index (χ0) is 20.5. The summed E-state index contributed by atoms with van der Waals surface area (Å²) >= 11 is 0. The summed E-state index contributed by atoms with van der Waals surface area (Å²) in [5.74, 6) is 0.867. The van der Waals surface area contributed by atoms with Crippen LogP contribution >= 0.6 is 0 Å². The van der Waals surface area contributed by atoms with Crippen molar-refractivity contribution >= 4 is 11.5 Å². The molecule has 0 unspecified atom stereocenters. The lowest BCUT2D eigenvalue weighted by Crippen LogP contribution is -2.39. The summed E-state index contributed by atoms with van der Waals surface area (Å²) in [6.45, 7) is 2.91. The number of hydrogen-bond acceptors (Lipinski definition) is 8. The van der Waals surface area contributed by atoms with Gasteiger partial charge in [0.2, 0.25) is 0 Å². The summed E-state index contributed by atoms with van der Waals surface area (Å²) in [6.07, 6.45) is 2.78. The Balaban J connectivity index is 1.70. The number of hydrogen-bond donors (Lipinski definition) is 0. The fourth-order valence-electron chi connectivity index (χ4n) is 3.29. The Morgan fingerprint density at radius 1 is 1.03 bits per heavy atom. The van der Waals surface area contributed by atoms with E-state index in [1.807, 2.05) is 36.1 Å². The molecule has 0 aliphatic carbocycles. The zero-order valence-corrected chi connectivity index (χ0v) is 16.4. The first kappa shape index (κ1) is 18.8. The predicted octanol–water partition coefficient (Wildman–Crippen LogP) is 0.493. The van der Waals surface area contributed by atoms with E-state index in [1.165, 1.54) is 29.3 Å². The Labute approximate surface area is 166 Å². The molecule has 0 N–H and O–H groups in total. The topological polar surface area (TPSA) is 98.4 Å². The maximum Gasteiger partial charge on any atom is 0.332 e. The van der Waals surface area contributed by atoms with E-state index in [4.69, 9.17) is 4.84 Å². The van der Waals surface area contributed by atoms with Crippen LogP contribution in [0.2, 0.25) is 0 Å². The number of fused-ring (bicyclic) bond motifs is 1. The second kappa shape index (κ2) is 7.47. The second-order valence-electron chi connectivity index (χ2n) is 6.91. The molecule has 3 aromatic rings. The van der Waals surface area contributed by atoms with Crippen LogP contribution in [0.1, 0.15) is 17.0 Å². The second-order valence-corrected chi connectivity index (χ2v) is 6.91. The highest BCUT2D eigenvalue weighted by molar-refractivity contribution is 5.70. The third-order valence-corrected chi connectivity index (χ3v) is 4.85. The Hall–Kier alpha value is -3.53. The molecular weight excluding hydrogens is 374 g/mol. The largest absolute Gasteiger partial charge is 0.340 e. The van der Waals surface area contributed by atoms with E-state index in [-0.39, 0.29) is 12.2 Å². The minimum atomic E-state index is -0.417. The first-order chi connectivity index (χ1) is 14.0. The van der Waals surface area contributed by atoms with Crippen LogP contribution in [0, 0.1) is 6.92 Å². The van der Waals surface area contributed by atoms with Gasteiger partial charge in [-0.1, -0.05) is 29.8 Å². The standard InChI is InChI=1S/C19H21N7O3/c1-13-4-6-14(7-5-13)8-25-12-26(29-9-15-21-10-20-11-22-15)17-16(25)18(27)24(3)19(28)23(17)2/h4-7,10-11H,8-9,12H2,1-3H3. The molecule has 0 amide bonds. The monoisotopic (exact) mass is 395 g/mol. The van der Waals surface area contributed by atoms with Crippen LogP contribution < -0.4 is 21.2 Å². The molecule has 3 heterocycles. The Morgan fingerprint density at radius 2 is 1.72 bits per heavy atom. The molecule has 1 aliphatic heterocycles. The number of nitrogens with zero attached hydrogens (tertiary/aromatic N) is 7. The maximum atomic E-state index is 12.9. The van der Waals surface area contributed by atoms with Crippen LogP contribution in [0.5, 0.6) is 0 Å². The highest BCUT2D eigenvalue weighted by atomic mass is 16.7. The number of hydroxylamine groups is 1. The zero-order valence-electron chi connectivity index (χ0n) is 16.4. The van der Waals surface area contributed by atoms with E-state index in [0.717, 1.165) is 15.7 Å². The number of anilines is 2. The molecule has 0 fully saturated rings. The van der Waals surface area contributed by atoms with E-state index in [2.05, 4.69) is 15.0 Å². The maximum absolute atomic E-state index is 12.9. The summed E-state index contributed by atoms with van der Waals surface area (Å²) in [7, 11) is 3.10. The van der Waals surface area contributed by atoms with E-state index >= 15 is 0 Å². The van der Waals surface area contributed by atoms with Crippen LogP contribution in [-0.2, 0) is 32.1 Å². The van der Waals surface area contributed by atoms with Crippen molar-refractivity contribution in [2.45, 2.75) is 20.1 Å². The van der Waals surface area contributed by atoms with Crippen molar-refractivity contribution in [3.8, 4) is 0 Å². The van der Waals surface area contributed by atoms with Crippen molar-refractivity contribution in [2.24, 2.45) is 14.1 Å². The van der Waals surface area contributed by atoms with E-state index in [1.54, 1.807) is 7.05 Å². The normalized spacial score (nSPS) is 13.1. The Bertz CT molecular complexity index is 1140. The average Bonchev–Trinajstić information content (AvgIpc) is 3.09. The molecule has 0 saturated heterocycles. The molecular formula is C19H21N7O3. The van der Waals surface area contributed by atoms with Crippen molar-refractivity contribution in [1.29, 1.82) is 0 Å².